The van der Waals surface area contributed by atoms with Gasteiger partial charge >= 0.3 is 0 Å². The first-order valence-corrected chi connectivity index (χ1v) is 8.12. The van der Waals surface area contributed by atoms with Gasteiger partial charge < -0.3 is 19.4 Å². The van der Waals surface area contributed by atoms with E-state index in [0.29, 0.717) is 0 Å². The van der Waals surface area contributed by atoms with Gasteiger partial charge in [-0.15, -0.1) is 0 Å². The van der Waals surface area contributed by atoms with Gasteiger partial charge in [0.1, 0.15) is 11.6 Å². The first-order chi connectivity index (χ1) is 11.0. The fourth-order valence-corrected chi connectivity index (χ4v) is 2.80. The van der Waals surface area contributed by atoms with E-state index < -0.39 is 0 Å². The average molecular weight is 315 g/mol. The Morgan fingerprint density at radius 2 is 2.00 bits per heavy atom. The van der Waals surface area contributed by atoms with E-state index in [-0.39, 0.29) is 0 Å². The maximum absolute atomic E-state index is 5.37. The number of hydrogen-bond acceptors (Lipinski definition) is 4. The molecule has 2 rings (SSSR count). The Morgan fingerprint density at radius 1 is 1.22 bits per heavy atom. The molecule has 4 heteroatoms. The van der Waals surface area contributed by atoms with Crippen molar-refractivity contribution in [2.45, 2.75) is 13.5 Å². The first kappa shape index (κ1) is 17.4. The molecule has 0 saturated carbocycles. The van der Waals surface area contributed by atoms with Gasteiger partial charge in [-0.2, -0.15) is 0 Å². The molecule has 23 heavy (non-hydrogen) atoms. The Hall–Kier alpha value is -1.94. The zero-order valence-electron chi connectivity index (χ0n) is 15.0. The second kappa shape index (κ2) is 8.06. The Morgan fingerprint density at radius 3 is 2.61 bits per heavy atom. The van der Waals surface area contributed by atoms with E-state index in [1.165, 1.54) is 16.9 Å². The van der Waals surface area contributed by atoms with Crippen LogP contribution in [0.2, 0.25) is 0 Å². The molecule has 0 unspecified atom stereocenters. The molecule has 0 amide bonds. The highest BCUT2D eigenvalue weighted by Crippen LogP contribution is 2.22. The normalized spacial score (nSPS) is 14.2. The summed E-state index contributed by atoms with van der Waals surface area (Å²) in [7, 11) is 8.11. The van der Waals surface area contributed by atoms with Crippen LogP contribution in [0.15, 0.2) is 42.2 Å². The van der Waals surface area contributed by atoms with Crippen molar-refractivity contribution in [3.8, 4) is 5.75 Å². The van der Waals surface area contributed by atoms with E-state index >= 15 is 0 Å². The van der Waals surface area contributed by atoms with Crippen molar-refractivity contribution in [3.05, 3.63) is 53.4 Å². The molecular weight excluding hydrogens is 286 g/mol. The molecule has 0 fully saturated rings. The van der Waals surface area contributed by atoms with Gasteiger partial charge in [-0.05, 0) is 44.3 Å². The number of hydrogen-bond donors (Lipinski definition) is 0. The second-order valence-electron chi connectivity index (χ2n) is 6.36. The standard InChI is InChI=1S/C19H29N3O/c1-16-14-17(9-10-18(16)23-5)15-22(13-12-20(2)3)19-8-6-7-11-21(19)4/h6-10,14H,11-13,15H2,1-5H3. The smallest absolute Gasteiger partial charge is 0.121 e. The Labute approximate surface area is 140 Å². The van der Waals surface area contributed by atoms with Crippen LogP contribution in [0.5, 0.6) is 5.75 Å². The predicted molar refractivity (Wildman–Crippen MR) is 96.5 cm³/mol. The third kappa shape index (κ3) is 4.76. The highest BCUT2D eigenvalue weighted by Gasteiger charge is 2.16. The summed E-state index contributed by atoms with van der Waals surface area (Å²) in [6.45, 7) is 6.00. The second-order valence-corrected chi connectivity index (χ2v) is 6.36. The maximum Gasteiger partial charge on any atom is 0.121 e. The summed E-state index contributed by atoms with van der Waals surface area (Å²) in [5.74, 6) is 2.23. The molecular formula is C19H29N3O. The molecule has 0 atom stereocenters. The van der Waals surface area contributed by atoms with Gasteiger partial charge in [-0.25, -0.2) is 0 Å². The molecule has 0 saturated heterocycles. The number of ether oxygens (including phenoxy) is 1. The highest BCUT2D eigenvalue weighted by atomic mass is 16.5. The maximum atomic E-state index is 5.37. The Bertz CT molecular complexity index is 578. The summed E-state index contributed by atoms with van der Waals surface area (Å²) in [5, 5.41) is 0. The van der Waals surface area contributed by atoms with Crippen LogP contribution in [-0.4, -0.2) is 62.6 Å². The van der Waals surface area contributed by atoms with E-state index in [1.807, 2.05) is 0 Å². The van der Waals surface area contributed by atoms with Crippen molar-refractivity contribution in [3.63, 3.8) is 0 Å². The van der Waals surface area contributed by atoms with Crippen molar-refractivity contribution < 1.29 is 4.74 Å². The highest BCUT2D eigenvalue weighted by molar-refractivity contribution is 5.36. The molecule has 0 radical (unpaired) electrons. The van der Waals surface area contributed by atoms with E-state index in [1.54, 1.807) is 7.11 Å². The van der Waals surface area contributed by atoms with Gasteiger partial charge in [0.25, 0.3) is 0 Å². The third-order valence-corrected chi connectivity index (χ3v) is 4.13. The summed E-state index contributed by atoms with van der Waals surface area (Å²) < 4.78 is 5.37. The number of benzene rings is 1. The molecule has 0 aromatic heterocycles. The minimum Gasteiger partial charge on any atom is -0.496 e. The van der Waals surface area contributed by atoms with E-state index in [0.717, 1.165) is 31.9 Å². The summed E-state index contributed by atoms with van der Waals surface area (Å²) in [4.78, 5) is 6.97. The van der Waals surface area contributed by atoms with Crippen LogP contribution in [-0.2, 0) is 6.54 Å². The molecule has 0 bridgehead atoms. The molecule has 0 aliphatic carbocycles. The number of aryl methyl sites for hydroxylation is 1. The quantitative estimate of drug-likeness (QED) is 0.770. The molecule has 0 spiro atoms. The van der Waals surface area contributed by atoms with Crippen LogP contribution in [0.3, 0.4) is 0 Å². The van der Waals surface area contributed by atoms with E-state index in [9.17, 15) is 0 Å². The number of rotatable bonds is 7. The number of allylic oxidation sites excluding steroid dienone is 2. The van der Waals surface area contributed by atoms with Crippen LogP contribution in [0.4, 0.5) is 0 Å². The summed E-state index contributed by atoms with van der Waals surface area (Å²) in [5.41, 5.74) is 2.49. The number of likely N-dealkylation sites (N-methyl/N-ethyl adjacent to an activating group) is 2. The monoisotopic (exact) mass is 315 g/mol. The van der Waals surface area contributed by atoms with Gasteiger partial charge in [0, 0.05) is 33.2 Å². The summed E-state index contributed by atoms with van der Waals surface area (Å²) in [6.07, 6.45) is 6.54. The van der Waals surface area contributed by atoms with E-state index in [2.05, 4.69) is 79.2 Å². The molecule has 1 aromatic carbocycles. The molecule has 1 aromatic rings. The number of nitrogens with zero attached hydrogens (tertiary/aromatic N) is 3. The van der Waals surface area contributed by atoms with Crippen LogP contribution >= 0.6 is 0 Å². The molecule has 1 heterocycles. The lowest BCUT2D eigenvalue weighted by atomic mass is 10.1. The van der Waals surface area contributed by atoms with Crippen molar-refractivity contribution in [2.75, 3.05) is 47.9 Å². The van der Waals surface area contributed by atoms with Gasteiger partial charge in [0.2, 0.25) is 0 Å². The van der Waals surface area contributed by atoms with Crippen LogP contribution in [0.25, 0.3) is 0 Å². The van der Waals surface area contributed by atoms with Crippen molar-refractivity contribution in [1.29, 1.82) is 0 Å². The molecule has 1 aliphatic rings. The van der Waals surface area contributed by atoms with Crippen molar-refractivity contribution >= 4 is 0 Å². The van der Waals surface area contributed by atoms with Gasteiger partial charge in [-0.1, -0.05) is 24.3 Å². The average Bonchev–Trinajstić information content (AvgIpc) is 2.52. The van der Waals surface area contributed by atoms with Crippen LogP contribution < -0.4 is 4.74 Å². The molecule has 4 nitrogen and oxygen atoms in total. The van der Waals surface area contributed by atoms with Gasteiger partial charge in [0.15, 0.2) is 0 Å². The largest absolute Gasteiger partial charge is 0.496 e. The molecule has 0 N–H and O–H groups in total. The zero-order valence-corrected chi connectivity index (χ0v) is 15.0. The minimum atomic E-state index is 0.905. The zero-order chi connectivity index (χ0) is 16.8. The molecule has 126 valence electrons. The lowest BCUT2D eigenvalue weighted by Gasteiger charge is -2.35. The van der Waals surface area contributed by atoms with Crippen LogP contribution in [0.1, 0.15) is 11.1 Å². The van der Waals surface area contributed by atoms with E-state index in [4.69, 9.17) is 4.74 Å². The summed E-state index contributed by atoms with van der Waals surface area (Å²) >= 11 is 0. The van der Waals surface area contributed by atoms with Crippen LogP contribution in [0, 0.1) is 6.92 Å². The SMILES string of the molecule is COc1ccc(CN(CCN(C)C)C2=CC=CCN2C)cc1C. The first-order valence-electron chi connectivity index (χ1n) is 8.12. The van der Waals surface area contributed by atoms with Gasteiger partial charge in [0.05, 0.1) is 7.11 Å². The minimum absolute atomic E-state index is 0.905. The fraction of sp³-hybridized carbons (Fsp3) is 0.474. The summed E-state index contributed by atoms with van der Waals surface area (Å²) in [6, 6.07) is 6.45. The lowest BCUT2D eigenvalue weighted by Crippen LogP contribution is -2.38. The predicted octanol–water partition coefficient (Wildman–Crippen LogP) is 2.71. The lowest BCUT2D eigenvalue weighted by molar-refractivity contribution is 0.215. The molecule has 1 aliphatic heterocycles. The Kier molecular flexibility index (Phi) is 6.11. The number of methoxy groups -OCH3 is 1. The van der Waals surface area contributed by atoms with Crippen molar-refractivity contribution in [2.24, 2.45) is 0 Å². The Balaban J connectivity index is 2.18. The van der Waals surface area contributed by atoms with Gasteiger partial charge in [-0.3, -0.25) is 0 Å². The third-order valence-electron chi connectivity index (χ3n) is 4.13. The fourth-order valence-electron chi connectivity index (χ4n) is 2.80. The van der Waals surface area contributed by atoms with Crippen molar-refractivity contribution in [1.82, 2.24) is 14.7 Å². The topological polar surface area (TPSA) is 19.0 Å².